The molecular formula is C15H16BrN3O2. The van der Waals surface area contributed by atoms with Crippen molar-refractivity contribution >= 4 is 27.9 Å². The first-order valence-electron chi connectivity index (χ1n) is 6.95. The van der Waals surface area contributed by atoms with E-state index in [1.165, 1.54) is 0 Å². The van der Waals surface area contributed by atoms with Gasteiger partial charge in [0, 0.05) is 11.0 Å². The first-order valence-corrected chi connectivity index (χ1v) is 7.74. The maximum atomic E-state index is 12.6. The smallest absolute Gasteiger partial charge is 0.319 e. The second kappa shape index (κ2) is 5.52. The minimum atomic E-state index is -0.379. The third-order valence-corrected chi connectivity index (χ3v) is 4.25. The van der Waals surface area contributed by atoms with Crippen LogP contribution in [0.15, 0.2) is 40.0 Å². The minimum Gasteiger partial charge on any atom is -0.333 e. The summed E-state index contributed by atoms with van der Waals surface area (Å²) in [4.78, 5) is 26.2. The van der Waals surface area contributed by atoms with E-state index in [0.29, 0.717) is 18.7 Å². The first-order chi connectivity index (χ1) is 10.1. The SMILES string of the molecule is CCCN1CC2=C(C1=O)[C@H](c1ccc(Br)cc1)NC(=O)N2. The molecule has 0 radical (unpaired) electrons. The van der Waals surface area contributed by atoms with Crippen molar-refractivity contribution in [1.82, 2.24) is 15.5 Å². The third-order valence-electron chi connectivity index (χ3n) is 3.72. The number of benzene rings is 1. The molecule has 3 rings (SSSR count). The molecule has 5 nitrogen and oxygen atoms in total. The molecule has 1 aromatic rings. The van der Waals surface area contributed by atoms with Gasteiger partial charge in [0.15, 0.2) is 0 Å². The quantitative estimate of drug-likeness (QED) is 0.879. The summed E-state index contributed by atoms with van der Waals surface area (Å²) in [6, 6.07) is 7.02. The Morgan fingerprint density at radius 2 is 2.00 bits per heavy atom. The standard InChI is InChI=1S/C15H16BrN3O2/c1-2-7-19-8-11-12(14(19)20)13(18-15(21)17-11)9-3-5-10(16)6-4-9/h3-6,13H,2,7-8H2,1H3,(H2,17,18,21)/t13-/m0/s1. The largest absolute Gasteiger partial charge is 0.333 e. The van der Waals surface area contributed by atoms with Gasteiger partial charge >= 0.3 is 6.03 Å². The zero-order valence-corrected chi connectivity index (χ0v) is 13.2. The third kappa shape index (κ3) is 2.55. The van der Waals surface area contributed by atoms with Crippen molar-refractivity contribution in [2.45, 2.75) is 19.4 Å². The summed E-state index contributed by atoms with van der Waals surface area (Å²) >= 11 is 3.39. The highest BCUT2D eigenvalue weighted by atomic mass is 79.9. The summed E-state index contributed by atoms with van der Waals surface area (Å²) < 4.78 is 0.964. The summed E-state index contributed by atoms with van der Waals surface area (Å²) in [6.07, 6.45) is 0.899. The summed E-state index contributed by atoms with van der Waals surface area (Å²) in [6.45, 7) is 3.23. The second-order valence-electron chi connectivity index (χ2n) is 5.20. The highest BCUT2D eigenvalue weighted by Crippen LogP contribution is 2.32. The van der Waals surface area contributed by atoms with Crippen LogP contribution in [-0.2, 0) is 4.79 Å². The summed E-state index contributed by atoms with van der Waals surface area (Å²) in [5.74, 6) is 0.00673. The molecule has 6 heteroatoms. The molecule has 0 unspecified atom stereocenters. The number of carbonyl (C=O) groups is 2. The molecule has 21 heavy (non-hydrogen) atoms. The van der Waals surface area contributed by atoms with E-state index in [4.69, 9.17) is 0 Å². The topological polar surface area (TPSA) is 61.4 Å². The Labute approximate surface area is 131 Å². The summed E-state index contributed by atoms with van der Waals surface area (Å²) in [7, 11) is 0. The number of carbonyl (C=O) groups excluding carboxylic acids is 2. The van der Waals surface area contributed by atoms with Gasteiger partial charge in [0.1, 0.15) is 0 Å². The average Bonchev–Trinajstić information content (AvgIpc) is 2.76. The van der Waals surface area contributed by atoms with Gasteiger partial charge in [-0.15, -0.1) is 0 Å². The second-order valence-corrected chi connectivity index (χ2v) is 6.12. The van der Waals surface area contributed by atoms with Crippen LogP contribution in [0.5, 0.6) is 0 Å². The van der Waals surface area contributed by atoms with Gasteiger partial charge in [0.2, 0.25) is 0 Å². The molecule has 1 aromatic carbocycles. The molecule has 0 spiro atoms. The molecule has 2 aliphatic rings. The van der Waals surface area contributed by atoms with Gasteiger partial charge in [-0.05, 0) is 24.1 Å². The molecule has 0 aromatic heterocycles. The van der Waals surface area contributed by atoms with Gasteiger partial charge in [-0.1, -0.05) is 35.0 Å². The number of halogens is 1. The molecule has 2 N–H and O–H groups in total. The number of rotatable bonds is 3. The molecule has 2 aliphatic heterocycles. The fourth-order valence-electron chi connectivity index (χ4n) is 2.78. The predicted octanol–water partition coefficient (Wildman–Crippen LogP) is 2.31. The van der Waals surface area contributed by atoms with Crippen LogP contribution in [0.4, 0.5) is 4.79 Å². The normalized spacial score (nSPS) is 21.2. The molecule has 0 saturated heterocycles. The van der Waals surface area contributed by atoms with Crippen LogP contribution in [0, 0.1) is 0 Å². The van der Waals surface area contributed by atoms with E-state index in [9.17, 15) is 9.59 Å². The molecule has 2 heterocycles. The van der Waals surface area contributed by atoms with E-state index in [-0.39, 0.29) is 18.0 Å². The molecule has 0 aliphatic carbocycles. The number of hydrogen-bond acceptors (Lipinski definition) is 2. The summed E-state index contributed by atoms with van der Waals surface area (Å²) in [5.41, 5.74) is 2.29. The molecule has 110 valence electrons. The number of hydrogen-bond donors (Lipinski definition) is 2. The van der Waals surface area contributed by atoms with Crippen molar-refractivity contribution < 1.29 is 9.59 Å². The molecular weight excluding hydrogens is 334 g/mol. The van der Waals surface area contributed by atoms with E-state index in [1.54, 1.807) is 4.90 Å². The molecule has 3 amide bonds. The molecule has 0 saturated carbocycles. The van der Waals surface area contributed by atoms with Crippen molar-refractivity contribution in [2.75, 3.05) is 13.1 Å². The van der Waals surface area contributed by atoms with E-state index >= 15 is 0 Å². The number of urea groups is 1. The van der Waals surface area contributed by atoms with Crippen LogP contribution >= 0.6 is 15.9 Å². The van der Waals surface area contributed by atoms with E-state index in [1.807, 2.05) is 31.2 Å². The van der Waals surface area contributed by atoms with Gasteiger partial charge in [-0.3, -0.25) is 4.79 Å². The number of amides is 3. The van der Waals surface area contributed by atoms with Gasteiger partial charge in [-0.25, -0.2) is 4.79 Å². The minimum absolute atomic E-state index is 0.00673. The van der Waals surface area contributed by atoms with E-state index in [0.717, 1.165) is 22.2 Å². The van der Waals surface area contributed by atoms with Crippen molar-refractivity contribution in [2.24, 2.45) is 0 Å². The van der Waals surface area contributed by atoms with Crippen LogP contribution in [-0.4, -0.2) is 29.9 Å². The fourth-order valence-corrected chi connectivity index (χ4v) is 3.05. The van der Waals surface area contributed by atoms with E-state index < -0.39 is 0 Å². The van der Waals surface area contributed by atoms with Gasteiger partial charge in [0.25, 0.3) is 5.91 Å². The molecule has 0 bridgehead atoms. The zero-order valence-electron chi connectivity index (χ0n) is 11.6. The molecule has 0 fully saturated rings. The van der Waals surface area contributed by atoms with Gasteiger partial charge < -0.3 is 15.5 Å². The number of nitrogens with zero attached hydrogens (tertiary/aromatic N) is 1. The number of nitrogens with one attached hydrogen (secondary N) is 2. The lowest BCUT2D eigenvalue weighted by Crippen LogP contribution is -2.44. The average molecular weight is 350 g/mol. The predicted molar refractivity (Wildman–Crippen MR) is 82.4 cm³/mol. The maximum Gasteiger partial charge on any atom is 0.319 e. The highest BCUT2D eigenvalue weighted by Gasteiger charge is 2.39. The Morgan fingerprint density at radius 1 is 1.29 bits per heavy atom. The Bertz CT molecular complexity index is 624. The zero-order chi connectivity index (χ0) is 15.0. The van der Waals surface area contributed by atoms with Crippen LogP contribution in [0.2, 0.25) is 0 Å². The lowest BCUT2D eigenvalue weighted by atomic mass is 9.96. The fraction of sp³-hybridized carbons (Fsp3) is 0.333. The van der Waals surface area contributed by atoms with E-state index in [2.05, 4.69) is 26.6 Å². The van der Waals surface area contributed by atoms with Crippen LogP contribution in [0.3, 0.4) is 0 Å². The summed E-state index contributed by atoms with van der Waals surface area (Å²) in [5, 5.41) is 5.61. The van der Waals surface area contributed by atoms with Crippen molar-refractivity contribution in [3.63, 3.8) is 0 Å². The monoisotopic (exact) mass is 349 g/mol. The van der Waals surface area contributed by atoms with Crippen LogP contribution < -0.4 is 10.6 Å². The van der Waals surface area contributed by atoms with Crippen molar-refractivity contribution in [3.8, 4) is 0 Å². The Hall–Kier alpha value is -1.82. The van der Waals surface area contributed by atoms with Crippen molar-refractivity contribution in [3.05, 3.63) is 45.6 Å². The Morgan fingerprint density at radius 3 is 2.67 bits per heavy atom. The highest BCUT2D eigenvalue weighted by molar-refractivity contribution is 9.10. The lowest BCUT2D eigenvalue weighted by Gasteiger charge is -2.25. The Kier molecular flexibility index (Phi) is 3.71. The Balaban J connectivity index is 1.96. The van der Waals surface area contributed by atoms with Crippen LogP contribution in [0.1, 0.15) is 24.9 Å². The first kappa shape index (κ1) is 14.1. The van der Waals surface area contributed by atoms with Crippen LogP contribution in [0.25, 0.3) is 0 Å². The maximum absolute atomic E-state index is 12.6. The molecule has 1 atom stereocenters. The lowest BCUT2D eigenvalue weighted by molar-refractivity contribution is -0.125. The van der Waals surface area contributed by atoms with Gasteiger partial charge in [0.05, 0.1) is 23.9 Å². The van der Waals surface area contributed by atoms with Crippen molar-refractivity contribution in [1.29, 1.82) is 0 Å². The van der Waals surface area contributed by atoms with Gasteiger partial charge in [-0.2, -0.15) is 0 Å².